The van der Waals surface area contributed by atoms with Gasteiger partial charge >= 0.3 is 0 Å². The lowest BCUT2D eigenvalue weighted by Crippen LogP contribution is -2.23. The third-order valence-corrected chi connectivity index (χ3v) is 3.85. The minimum atomic E-state index is -0.371. The van der Waals surface area contributed by atoms with Crippen molar-refractivity contribution in [1.82, 2.24) is 10.3 Å². The Balaban J connectivity index is 1.31. The van der Waals surface area contributed by atoms with Crippen molar-refractivity contribution in [2.75, 3.05) is 6.79 Å². The molecule has 1 aromatic heterocycles. The Morgan fingerprint density at radius 2 is 1.96 bits per heavy atom. The van der Waals surface area contributed by atoms with Gasteiger partial charge in [0, 0.05) is 6.54 Å². The number of halogens is 1. The molecular formula is C19H15FN2O5. The van der Waals surface area contributed by atoms with Crippen molar-refractivity contribution in [1.29, 1.82) is 0 Å². The molecule has 0 saturated heterocycles. The summed E-state index contributed by atoms with van der Waals surface area (Å²) in [5.74, 6) is 1.34. The number of hydrogen-bond acceptors (Lipinski definition) is 6. The standard InChI is InChI=1S/C19H15FN2O5/c20-13-2-4-14(5-3-13)24-10-18-22-15(9-25-18)19(23)21-8-12-1-6-16-17(7-12)27-11-26-16/h1-7,9H,8,10-11H2,(H,21,23). The zero-order valence-corrected chi connectivity index (χ0v) is 14.1. The first-order valence-corrected chi connectivity index (χ1v) is 8.17. The van der Waals surface area contributed by atoms with Gasteiger partial charge in [-0.05, 0) is 42.0 Å². The van der Waals surface area contributed by atoms with Gasteiger partial charge in [0.1, 0.15) is 17.8 Å². The molecular weight excluding hydrogens is 355 g/mol. The summed E-state index contributed by atoms with van der Waals surface area (Å²) in [7, 11) is 0. The smallest absolute Gasteiger partial charge is 0.273 e. The van der Waals surface area contributed by atoms with Crippen LogP contribution < -0.4 is 19.5 Å². The molecule has 0 atom stereocenters. The maximum Gasteiger partial charge on any atom is 0.273 e. The highest BCUT2D eigenvalue weighted by molar-refractivity contribution is 5.91. The van der Waals surface area contributed by atoms with E-state index < -0.39 is 0 Å². The summed E-state index contributed by atoms with van der Waals surface area (Å²) in [6, 6.07) is 11.0. The van der Waals surface area contributed by atoms with Gasteiger partial charge in [-0.3, -0.25) is 4.79 Å². The van der Waals surface area contributed by atoms with Crippen molar-refractivity contribution in [2.45, 2.75) is 13.2 Å². The van der Waals surface area contributed by atoms with Crippen LogP contribution in [0, 0.1) is 5.82 Å². The zero-order chi connectivity index (χ0) is 18.6. The third kappa shape index (κ3) is 4.00. The summed E-state index contributed by atoms with van der Waals surface area (Å²) in [4.78, 5) is 16.3. The SMILES string of the molecule is O=C(NCc1ccc2c(c1)OCO2)c1coc(COc2ccc(F)cc2)n1. The molecule has 0 aliphatic carbocycles. The quantitative estimate of drug-likeness (QED) is 0.718. The molecule has 0 fully saturated rings. The van der Waals surface area contributed by atoms with Crippen LogP contribution in [0.1, 0.15) is 21.9 Å². The second-order valence-electron chi connectivity index (χ2n) is 5.74. The monoisotopic (exact) mass is 370 g/mol. The summed E-state index contributed by atoms with van der Waals surface area (Å²) in [5.41, 5.74) is 1.02. The van der Waals surface area contributed by atoms with Crippen LogP contribution >= 0.6 is 0 Å². The molecule has 0 saturated carbocycles. The molecule has 0 bridgehead atoms. The Morgan fingerprint density at radius 1 is 1.15 bits per heavy atom. The lowest BCUT2D eigenvalue weighted by atomic mass is 10.2. The van der Waals surface area contributed by atoms with E-state index in [0.717, 1.165) is 5.56 Å². The summed E-state index contributed by atoms with van der Waals surface area (Å²) in [6.07, 6.45) is 1.26. The van der Waals surface area contributed by atoms with Gasteiger partial charge < -0.3 is 23.9 Å². The van der Waals surface area contributed by atoms with Crippen LogP contribution in [0.25, 0.3) is 0 Å². The second kappa shape index (κ2) is 7.36. The van der Waals surface area contributed by atoms with E-state index >= 15 is 0 Å². The third-order valence-electron chi connectivity index (χ3n) is 3.85. The van der Waals surface area contributed by atoms with E-state index in [9.17, 15) is 9.18 Å². The first-order valence-electron chi connectivity index (χ1n) is 8.17. The minimum Gasteiger partial charge on any atom is -0.484 e. The molecule has 8 heteroatoms. The van der Waals surface area contributed by atoms with Crippen molar-refractivity contribution in [2.24, 2.45) is 0 Å². The minimum absolute atomic E-state index is 0.0288. The number of oxazole rings is 1. The summed E-state index contributed by atoms with van der Waals surface area (Å²) in [5, 5.41) is 2.76. The van der Waals surface area contributed by atoms with Crippen LogP contribution in [0.15, 0.2) is 53.1 Å². The van der Waals surface area contributed by atoms with Crippen molar-refractivity contribution in [3.63, 3.8) is 0 Å². The van der Waals surface area contributed by atoms with Gasteiger partial charge in [-0.2, -0.15) is 0 Å². The predicted molar refractivity (Wildman–Crippen MR) is 91.0 cm³/mol. The van der Waals surface area contributed by atoms with E-state index in [4.69, 9.17) is 18.6 Å². The van der Waals surface area contributed by atoms with Crippen molar-refractivity contribution in [3.05, 3.63) is 71.7 Å². The van der Waals surface area contributed by atoms with Gasteiger partial charge in [-0.25, -0.2) is 9.37 Å². The average Bonchev–Trinajstić information content (AvgIpc) is 3.34. The van der Waals surface area contributed by atoms with Crippen LogP contribution in [0.5, 0.6) is 17.2 Å². The molecule has 1 aliphatic heterocycles. The van der Waals surface area contributed by atoms with Gasteiger partial charge in [0.15, 0.2) is 23.8 Å². The van der Waals surface area contributed by atoms with E-state index in [1.165, 1.54) is 30.5 Å². The number of ether oxygens (including phenoxy) is 3. The maximum atomic E-state index is 12.9. The molecule has 7 nitrogen and oxygen atoms in total. The van der Waals surface area contributed by atoms with E-state index in [-0.39, 0.29) is 36.7 Å². The van der Waals surface area contributed by atoms with Gasteiger partial charge in [0.05, 0.1) is 0 Å². The van der Waals surface area contributed by atoms with E-state index in [2.05, 4.69) is 10.3 Å². The highest BCUT2D eigenvalue weighted by Crippen LogP contribution is 2.32. The molecule has 0 radical (unpaired) electrons. The topological polar surface area (TPSA) is 82.8 Å². The van der Waals surface area contributed by atoms with Crippen LogP contribution in [0.3, 0.4) is 0 Å². The van der Waals surface area contributed by atoms with Crippen molar-refractivity contribution >= 4 is 5.91 Å². The van der Waals surface area contributed by atoms with Gasteiger partial charge in [-0.1, -0.05) is 6.07 Å². The van der Waals surface area contributed by atoms with Gasteiger partial charge in [0.2, 0.25) is 12.7 Å². The van der Waals surface area contributed by atoms with Gasteiger partial charge in [-0.15, -0.1) is 0 Å². The number of aromatic nitrogens is 1. The van der Waals surface area contributed by atoms with Crippen LogP contribution in [-0.2, 0) is 13.2 Å². The Hall–Kier alpha value is -3.55. The molecule has 0 spiro atoms. The van der Waals surface area contributed by atoms with E-state index in [1.807, 2.05) is 12.1 Å². The molecule has 138 valence electrons. The molecule has 27 heavy (non-hydrogen) atoms. The van der Waals surface area contributed by atoms with E-state index in [0.29, 0.717) is 23.8 Å². The average molecular weight is 370 g/mol. The zero-order valence-electron chi connectivity index (χ0n) is 14.1. The Labute approximate surface area is 153 Å². The number of benzene rings is 2. The molecule has 2 heterocycles. The number of amides is 1. The van der Waals surface area contributed by atoms with Crippen molar-refractivity contribution < 1.29 is 27.8 Å². The molecule has 2 aromatic carbocycles. The molecule has 4 rings (SSSR count). The second-order valence-corrected chi connectivity index (χ2v) is 5.74. The van der Waals surface area contributed by atoms with Gasteiger partial charge in [0.25, 0.3) is 5.91 Å². The normalized spacial score (nSPS) is 12.0. The lowest BCUT2D eigenvalue weighted by molar-refractivity contribution is 0.0945. The highest BCUT2D eigenvalue weighted by atomic mass is 19.1. The number of nitrogens with one attached hydrogen (secondary N) is 1. The molecule has 3 aromatic rings. The largest absolute Gasteiger partial charge is 0.484 e. The summed E-state index contributed by atoms with van der Waals surface area (Å²) in [6.45, 7) is 0.539. The summed E-state index contributed by atoms with van der Waals surface area (Å²) >= 11 is 0. The number of fused-ring (bicyclic) bond motifs is 1. The highest BCUT2D eigenvalue weighted by Gasteiger charge is 2.15. The molecule has 1 aliphatic rings. The summed E-state index contributed by atoms with van der Waals surface area (Å²) < 4.78 is 34.1. The number of carbonyl (C=O) groups excluding carboxylic acids is 1. The number of hydrogen-bond donors (Lipinski definition) is 1. The van der Waals surface area contributed by atoms with Crippen LogP contribution in [-0.4, -0.2) is 17.7 Å². The fourth-order valence-electron chi connectivity index (χ4n) is 2.48. The number of nitrogens with zero attached hydrogens (tertiary/aromatic N) is 1. The number of rotatable bonds is 6. The number of carbonyl (C=O) groups is 1. The lowest BCUT2D eigenvalue weighted by Gasteiger charge is -2.04. The Morgan fingerprint density at radius 3 is 2.81 bits per heavy atom. The Bertz CT molecular complexity index is 955. The van der Waals surface area contributed by atoms with Crippen LogP contribution in [0.2, 0.25) is 0 Å². The fourth-order valence-corrected chi connectivity index (χ4v) is 2.48. The molecule has 1 amide bonds. The van der Waals surface area contributed by atoms with Crippen LogP contribution in [0.4, 0.5) is 4.39 Å². The predicted octanol–water partition coefficient (Wildman–Crippen LogP) is 3.05. The molecule has 0 unspecified atom stereocenters. The first kappa shape index (κ1) is 16.9. The fraction of sp³-hybridized carbons (Fsp3) is 0.158. The molecule has 1 N–H and O–H groups in total. The Kier molecular flexibility index (Phi) is 4.61. The van der Waals surface area contributed by atoms with E-state index in [1.54, 1.807) is 6.07 Å². The van der Waals surface area contributed by atoms with Crippen molar-refractivity contribution in [3.8, 4) is 17.2 Å². The first-order chi connectivity index (χ1) is 13.2. The maximum absolute atomic E-state index is 12.9.